The second-order valence-electron chi connectivity index (χ2n) is 4.40. The fraction of sp³-hybridized carbons (Fsp3) is 0.250. The molecular weight excluding hydrogens is 220 g/mol. The van der Waals surface area contributed by atoms with Gasteiger partial charge in [0.1, 0.15) is 0 Å². The number of hydrogen-bond donors (Lipinski definition) is 1. The molecule has 0 fully saturated rings. The Kier molecular flexibility index (Phi) is 4.00. The third-order valence-electron chi connectivity index (χ3n) is 3.18. The van der Waals surface area contributed by atoms with Crippen molar-refractivity contribution < 1.29 is 0 Å². The van der Waals surface area contributed by atoms with E-state index in [1.54, 1.807) is 0 Å². The molecule has 18 heavy (non-hydrogen) atoms. The summed E-state index contributed by atoms with van der Waals surface area (Å²) in [6.45, 7) is 5.84. The topological polar surface area (TPSA) is 29.3 Å². The van der Waals surface area contributed by atoms with Crippen LogP contribution < -0.4 is 10.6 Å². The van der Waals surface area contributed by atoms with Gasteiger partial charge < -0.3 is 10.6 Å². The van der Waals surface area contributed by atoms with Crippen LogP contribution in [-0.4, -0.2) is 6.54 Å². The molecule has 0 aliphatic carbocycles. The highest BCUT2D eigenvalue weighted by Gasteiger charge is 2.09. The van der Waals surface area contributed by atoms with E-state index in [1.165, 1.54) is 22.5 Å². The van der Waals surface area contributed by atoms with Gasteiger partial charge in [0.2, 0.25) is 0 Å². The quantitative estimate of drug-likeness (QED) is 0.884. The van der Waals surface area contributed by atoms with Crippen LogP contribution in [0.5, 0.6) is 0 Å². The Morgan fingerprint density at radius 3 is 2.50 bits per heavy atom. The molecule has 0 bridgehead atoms. The molecule has 2 rings (SSSR count). The predicted octanol–water partition coefficient (Wildman–Crippen LogP) is 3.61. The summed E-state index contributed by atoms with van der Waals surface area (Å²) < 4.78 is 0. The highest BCUT2D eigenvalue weighted by Crippen LogP contribution is 2.28. The number of hydrogen-bond acceptors (Lipinski definition) is 2. The normalized spacial score (nSPS) is 10.4. The number of aryl methyl sites for hydroxylation is 1. The first-order valence-electron chi connectivity index (χ1n) is 6.38. The van der Waals surface area contributed by atoms with E-state index in [2.05, 4.69) is 67.3 Å². The fourth-order valence-corrected chi connectivity index (χ4v) is 2.21. The van der Waals surface area contributed by atoms with Crippen molar-refractivity contribution in [3.05, 3.63) is 59.7 Å². The third-order valence-corrected chi connectivity index (χ3v) is 3.18. The monoisotopic (exact) mass is 240 g/mol. The first-order chi connectivity index (χ1) is 8.76. The summed E-state index contributed by atoms with van der Waals surface area (Å²) in [5.41, 5.74) is 10.6. The zero-order valence-corrected chi connectivity index (χ0v) is 11.1. The molecule has 0 radical (unpaired) electrons. The fourth-order valence-electron chi connectivity index (χ4n) is 2.21. The van der Waals surface area contributed by atoms with Gasteiger partial charge in [-0.25, -0.2) is 0 Å². The Balaban J connectivity index is 2.42. The summed E-state index contributed by atoms with van der Waals surface area (Å²) >= 11 is 0. The molecule has 2 aromatic carbocycles. The summed E-state index contributed by atoms with van der Waals surface area (Å²) in [4.78, 5) is 2.31. The molecule has 2 heteroatoms. The van der Waals surface area contributed by atoms with Gasteiger partial charge in [-0.15, -0.1) is 0 Å². The van der Waals surface area contributed by atoms with E-state index in [1.807, 2.05) is 0 Å². The van der Waals surface area contributed by atoms with E-state index in [0.717, 1.165) is 6.54 Å². The lowest BCUT2D eigenvalue weighted by molar-refractivity contribution is 1.00. The standard InChI is InChI=1S/C16H20N2/c1-3-18(16-10-5-4-7-13(16)2)15-9-6-8-14(11-15)12-17/h4-11H,3,12,17H2,1-2H3. The molecule has 0 aliphatic rings. The largest absolute Gasteiger partial charge is 0.342 e. The number of nitrogens with zero attached hydrogens (tertiary/aromatic N) is 1. The number of nitrogens with two attached hydrogens (primary N) is 1. The predicted molar refractivity (Wildman–Crippen MR) is 78.2 cm³/mol. The number of benzene rings is 2. The number of para-hydroxylation sites is 1. The van der Waals surface area contributed by atoms with Crippen LogP contribution in [0.25, 0.3) is 0 Å². The zero-order valence-electron chi connectivity index (χ0n) is 11.1. The van der Waals surface area contributed by atoms with Crippen molar-refractivity contribution in [2.75, 3.05) is 11.4 Å². The minimum absolute atomic E-state index is 0.583. The maximum atomic E-state index is 5.71. The molecule has 0 atom stereocenters. The van der Waals surface area contributed by atoms with Crippen molar-refractivity contribution in [3.63, 3.8) is 0 Å². The maximum absolute atomic E-state index is 5.71. The average molecular weight is 240 g/mol. The molecule has 2 aromatic rings. The van der Waals surface area contributed by atoms with E-state index in [0.29, 0.717) is 6.54 Å². The molecule has 0 aromatic heterocycles. The van der Waals surface area contributed by atoms with Gasteiger partial charge >= 0.3 is 0 Å². The molecule has 0 saturated heterocycles. The van der Waals surface area contributed by atoms with E-state index in [-0.39, 0.29) is 0 Å². The molecule has 0 heterocycles. The van der Waals surface area contributed by atoms with Gasteiger partial charge in [-0.2, -0.15) is 0 Å². The first-order valence-corrected chi connectivity index (χ1v) is 6.38. The van der Waals surface area contributed by atoms with Crippen LogP contribution in [0.2, 0.25) is 0 Å². The zero-order chi connectivity index (χ0) is 13.0. The lowest BCUT2D eigenvalue weighted by atomic mass is 10.1. The second-order valence-corrected chi connectivity index (χ2v) is 4.40. The SMILES string of the molecule is CCN(c1cccc(CN)c1)c1ccccc1C. The minimum Gasteiger partial charge on any atom is -0.342 e. The van der Waals surface area contributed by atoms with Crippen LogP contribution in [-0.2, 0) is 6.54 Å². The Labute approximate surface area is 109 Å². The van der Waals surface area contributed by atoms with Crippen molar-refractivity contribution in [1.29, 1.82) is 0 Å². The van der Waals surface area contributed by atoms with Gasteiger partial charge in [0.05, 0.1) is 0 Å². The summed E-state index contributed by atoms with van der Waals surface area (Å²) in [6.07, 6.45) is 0. The number of anilines is 2. The van der Waals surface area contributed by atoms with Crippen molar-refractivity contribution in [2.45, 2.75) is 20.4 Å². The van der Waals surface area contributed by atoms with Crippen LogP contribution in [0.1, 0.15) is 18.1 Å². The minimum atomic E-state index is 0.583. The summed E-state index contributed by atoms with van der Waals surface area (Å²) in [5, 5.41) is 0. The van der Waals surface area contributed by atoms with Crippen LogP contribution in [0.15, 0.2) is 48.5 Å². The van der Waals surface area contributed by atoms with E-state index >= 15 is 0 Å². The van der Waals surface area contributed by atoms with Crippen LogP contribution in [0, 0.1) is 6.92 Å². The first kappa shape index (κ1) is 12.7. The lowest BCUT2D eigenvalue weighted by Gasteiger charge is -2.25. The molecular formula is C16H20N2. The molecule has 94 valence electrons. The maximum Gasteiger partial charge on any atom is 0.0440 e. The molecule has 0 amide bonds. The van der Waals surface area contributed by atoms with Crippen LogP contribution in [0.3, 0.4) is 0 Å². The highest BCUT2D eigenvalue weighted by molar-refractivity contribution is 5.66. The van der Waals surface area contributed by atoms with Gasteiger partial charge in [0.25, 0.3) is 0 Å². The molecule has 2 N–H and O–H groups in total. The van der Waals surface area contributed by atoms with E-state index in [9.17, 15) is 0 Å². The summed E-state index contributed by atoms with van der Waals surface area (Å²) in [6, 6.07) is 16.9. The van der Waals surface area contributed by atoms with Gasteiger partial charge in [0.15, 0.2) is 0 Å². The molecule has 2 nitrogen and oxygen atoms in total. The van der Waals surface area contributed by atoms with Crippen LogP contribution >= 0.6 is 0 Å². The van der Waals surface area contributed by atoms with Gasteiger partial charge in [-0.05, 0) is 43.2 Å². The highest BCUT2D eigenvalue weighted by atomic mass is 15.1. The number of rotatable bonds is 4. The summed E-state index contributed by atoms with van der Waals surface area (Å²) in [7, 11) is 0. The molecule has 0 spiro atoms. The molecule has 0 saturated carbocycles. The van der Waals surface area contributed by atoms with E-state index in [4.69, 9.17) is 5.73 Å². The average Bonchev–Trinajstić information content (AvgIpc) is 2.42. The second kappa shape index (κ2) is 5.69. The third kappa shape index (κ3) is 2.54. The van der Waals surface area contributed by atoms with Gasteiger partial charge in [-0.1, -0.05) is 30.3 Å². The smallest absolute Gasteiger partial charge is 0.0440 e. The van der Waals surface area contributed by atoms with E-state index < -0.39 is 0 Å². The Hall–Kier alpha value is -1.80. The Morgan fingerprint density at radius 1 is 1.06 bits per heavy atom. The molecule has 0 aliphatic heterocycles. The van der Waals surface area contributed by atoms with Gasteiger partial charge in [0, 0.05) is 24.5 Å². The van der Waals surface area contributed by atoms with Gasteiger partial charge in [-0.3, -0.25) is 0 Å². The van der Waals surface area contributed by atoms with Crippen molar-refractivity contribution in [3.8, 4) is 0 Å². The molecule has 0 unspecified atom stereocenters. The van der Waals surface area contributed by atoms with Crippen LogP contribution in [0.4, 0.5) is 11.4 Å². The lowest BCUT2D eigenvalue weighted by Crippen LogP contribution is -2.17. The Bertz CT molecular complexity index is 520. The Morgan fingerprint density at radius 2 is 1.83 bits per heavy atom. The van der Waals surface area contributed by atoms with Crippen molar-refractivity contribution in [2.24, 2.45) is 5.73 Å². The van der Waals surface area contributed by atoms with Crippen molar-refractivity contribution >= 4 is 11.4 Å². The summed E-state index contributed by atoms with van der Waals surface area (Å²) in [5.74, 6) is 0. The van der Waals surface area contributed by atoms with Crippen molar-refractivity contribution in [1.82, 2.24) is 0 Å².